The fourth-order valence-electron chi connectivity index (χ4n) is 2.17. The molecule has 1 amide bonds. The Kier molecular flexibility index (Phi) is 4.43. The number of aliphatic hydroxyl groups is 1. The Morgan fingerprint density at radius 2 is 2.15 bits per heavy atom. The molecule has 0 saturated heterocycles. The van der Waals surface area contributed by atoms with Crippen LogP contribution in [0, 0.1) is 5.41 Å². The number of hydrogen-bond acceptors (Lipinski definition) is 2. The van der Waals surface area contributed by atoms with Crippen LogP contribution in [0.3, 0.4) is 0 Å². The van der Waals surface area contributed by atoms with Gasteiger partial charge in [-0.3, -0.25) is 4.79 Å². The number of benzene rings is 1. The van der Waals surface area contributed by atoms with Crippen molar-refractivity contribution in [2.45, 2.75) is 32.4 Å². The molecule has 3 nitrogen and oxygen atoms in total. The number of hydrogen-bond donors (Lipinski definition) is 2. The summed E-state index contributed by atoms with van der Waals surface area (Å²) in [6, 6.07) is 5.10. The molecule has 1 aliphatic rings. The number of aliphatic hydroxyl groups excluding tert-OH is 1. The normalized spacial score (nSPS) is 24.4. The average molecular weight is 314 g/mol. The van der Waals surface area contributed by atoms with Crippen LogP contribution in [0.25, 0.3) is 6.08 Å². The quantitative estimate of drug-likeness (QED) is 0.841. The Morgan fingerprint density at radius 3 is 2.70 bits per heavy atom. The van der Waals surface area contributed by atoms with Crippen molar-refractivity contribution in [3.63, 3.8) is 0 Å². The van der Waals surface area contributed by atoms with Crippen LogP contribution in [0.15, 0.2) is 24.3 Å². The zero-order valence-corrected chi connectivity index (χ0v) is 12.9. The van der Waals surface area contributed by atoms with Gasteiger partial charge in [0.2, 0.25) is 5.91 Å². The molecule has 2 unspecified atom stereocenters. The van der Waals surface area contributed by atoms with Crippen LogP contribution in [0.4, 0.5) is 0 Å². The summed E-state index contributed by atoms with van der Waals surface area (Å²) in [6.45, 7) is 3.87. The van der Waals surface area contributed by atoms with Gasteiger partial charge in [-0.2, -0.15) is 0 Å². The SMILES string of the molecule is CC1(C)C(O)CC1NC(=O)/C=C/c1ccc(Cl)cc1Cl. The van der Waals surface area contributed by atoms with Crippen molar-refractivity contribution in [1.82, 2.24) is 5.32 Å². The molecule has 0 aromatic heterocycles. The standard InChI is InChI=1S/C15H17Cl2NO2/c1-15(2)12(8-13(15)19)18-14(20)6-4-9-3-5-10(16)7-11(9)17/h3-7,12-13,19H,8H2,1-2H3,(H,18,20)/b6-4+. The van der Waals surface area contributed by atoms with Crippen molar-refractivity contribution < 1.29 is 9.90 Å². The molecule has 1 fully saturated rings. The molecule has 0 radical (unpaired) electrons. The Hall–Kier alpha value is -1.03. The second-order valence-electron chi connectivity index (χ2n) is 5.63. The monoisotopic (exact) mass is 313 g/mol. The van der Waals surface area contributed by atoms with Gasteiger partial charge in [0.25, 0.3) is 0 Å². The van der Waals surface area contributed by atoms with E-state index in [-0.39, 0.29) is 23.5 Å². The van der Waals surface area contributed by atoms with Crippen LogP contribution in [-0.2, 0) is 4.79 Å². The molecule has 0 spiro atoms. The molecule has 2 rings (SSSR count). The van der Waals surface area contributed by atoms with Crippen molar-refractivity contribution in [1.29, 1.82) is 0 Å². The summed E-state index contributed by atoms with van der Waals surface area (Å²) in [4.78, 5) is 11.8. The van der Waals surface area contributed by atoms with Crippen molar-refractivity contribution >= 4 is 35.2 Å². The van der Waals surface area contributed by atoms with E-state index >= 15 is 0 Å². The van der Waals surface area contributed by atoms with Gasteiger partial charge in [0.1, 0.15) is 0 Å². The van der Waals surface area contributed by atoms with Crippen LogP contribution in [0.5, 0.6) is 0 Å². The molecule has 20 heavy (non-hydrogen) atoms. The molecule has 1 aliphatic carbocycles. The van der Waals surface area contributed by atoms with E-state index in [1.54, 1.807) is 24.3 Å². The third kappa shape index (κ3) is 3.17. The zero-order valence-electron chi connectivity index (χ0n) is 11.4. The van der Waals surface area contributed by atoms with Gasteiger partial charge in [0.05, 0.1) is 6.10 Å². The van der Waals surface area contributed by atoms with Crippen LogP contribution in [-0.4, -0.2) is 23.2 Å². The maximum Gasteiger partial charge on any atom is 0.244 e. The number of rotatable bonds is 3. The van der Waals surface area contributed by atoms with E-state index in [1.165, 1.54) is 6.08 Å². The van der Waals surface area contributed by atoms with Crippen LogP contribution >= 0.6 is 23.2 Å². The molecule has 0 aliphatic heterocycles. The van der Waals surface area contributed by atoms with E-state index in [0.29, 0.717) is 16.5 Å². The molecule has 2 N–H and O–H groups in total. The lowest BCUT2D eigenvalue weighted by molar-refractivity contribution is -0.124. The van der Waals surface area contributed by atoms with Crippen LogP contribution in [0.1, 0.15) is 25.8 Å². The molecule has 108 valence electrons. The van der Waals surface area contributed by atoms with Gasteiger partial charge < -0.3 is 10.4 Å². The first kappa shape index (κ1) is 15.4. The van der Waals surface area contributed by atoms with Crippen LogP contribution < -0.4 is 5.32 Å². The van der Waals surface area contributed by atoms with Crippen molar-refractivity contribution in [3.8, 4) is 0 Å². The molecule has 0 heterocycles. The van der Waals surface area contributed by atoms with Gasteiger partial charge in [-0.1, -0.05) is 43.1 Å². The third-order valence-corrected chi connectivity index (χ3v) is 4.47. The van der Waals surface area contributed by atoms with Gasteiger partial charge in [-0.15, -0.1) is 0 Å². The summed E-state index contributed by atoms with van der Waals surface area (Å²) >= 11 is 11.8. The first-order chi connectivity index (χ1) is 9.30. The highest BCUT2D eigenvalue weighted by Gasteiger charge is 2.47. The summed E-state index contributed by atoms with van der Waals surface area (Å²) in [5, 5.41) is 13.6. The lowest BCUT2D eigenvalue weighted by Crippen LogP contribution is -2.60. The first-order valence-corrected chi connectivity index (χ1v) is 7.18. The predicted molar refractivity (Wildman–Crippen MR) is 81.8 cm³/mol. The van der Waals surface area contributed by atoms with E-state index in [9.17, 15) is 9.90 Å². The Balaban J connectivity index is 1.96. The first-order valence-electron chi connectivity index (χ1n) is 6.42. The third-order valence-electron chi connectivity index (χ3n) is 3.91. The number of nitrogens with one attached hydrogen (secondary N) is 1. The summed E-state index contributed by atoms with van der Waals surface area (Å²) in [5.41, 5.74) is 0.459. The van der Waals surface area contributed by atoms with E-state index in [2.05, 4.69) is 5.32 Å². The van der Waals surface area contributed by atoms with Crippen LogP contribution in [0.2, 0.25) is 10.0 Å². The zero-order chi connectivity index (χ0) is 14.9. The molecule has 1 saturated carbocycles. The van der Waals surface area contributed by atoms with Gasteiger partial charge >= 0.3 is 0 Å². The van der Waals surface area contributed by atoms with Crippen molar-refractivity contribution in [3.05, 3.63) is 39.9 Å². The molecule has 1 aromatic carbocycles. The average Bonchev–Trinajstić information content (AvgIpc) is 2.37. The maximum absolute atomic E-state index is 11.8. The highest BCUT2D eigenvalue weighted by molar-refractivity contribution is 6.35. The summed E-state index contributed by atoms with van der Waals surface area (Å²) in [6.07, 6.45) is 3.32. The lowest BCUT2D eigenvalue weighted by atomic mass is 9.64. The second-order valence-corrected chi connectivity index (χ2v) is 6.48. The van der Waals surface area contributed by atoms with E-state index in [1.807, 2.05) is 13.8 Å². The van der Waals surface area contributed by atoms with E-state index < -0.39 is 0 Å². The van der Waals surface area contributed by atoms with Crippen molar-refractivity contribution in [2.75, 3.05) is 0 Å². The number of amides is 1. The van der Waals surface area contributed by atoms with Gasteiger partial charge in [-0.05, 0) is 30.2 Å². The minimum Gasteiger partial charge on any atom is -0.392 e. The summed E-state index contributed by atoms with van der Waals surface area (Å²) in [5.74, 6) is -0.194. The van der Waals surface area contributed by atoms with E-state index in [4.69, 9.17) is 23.2 Å². The second kappa shape index (κ2) is 5.76. The molecule has 0 bridgehead atoms. The minimum absolute atomic E-state index is 0.00432. The maximum atomic E-state index is 11.8. The number of carbonyl (C=O) groups excluding carboxylic acids is 1. The largest absolute Gasteiger partial charge is 0.392 e. The Labute approximate surface area is 128 Å². The van der Waals surface area contributed by atoms with Crippen molar-refractivity contribution in [2.24, 2.45) is 5.41 Å². The Bertz CT molecular complexity index is 555. The van der Waals surface area contributed by atoms with Gasteiger partial charge in [-0.25, -0.2) is 0 Å². The molecular formula is C15H17Cl2NO2. The molecule has 1 aromatic rings. The fourth-order valence-corrected chi connectivity index (χ4v) is 2.64. The molecular weight excluding hydrogens is 297 g/mol. The topological polar surface area (TPSA) is 49.3 Å². The smallest absolute Gasteiger partial charge is 0.244 e. The minimum atomic E-state index is -0.359. The van der Waals surface area contributed by atoms with Gasteiger partial charge in [0, 0.05) is 27.6 Å². The molecule has 5 heteroatoms. The fraction of sp³-hybridized carbons (Fsp3) is 0.400. The highest BCUT2D eigenvalue weighted by atomic mass is 35.5. The Morgan fingerprint density at radius 1 is 1.45 bits per heavy atom. The molecule has 2 atom stereocenters. The number of halogens is 2. The summed E-state index contributed by atoms with van der Waals surface area (Å²) < 4.78 is 0. The summed E-state index contributed by atoms with van der Waals surface area (Å²) in [7, 11) is 0. The lowest BCUT2D eigenvalue weighted by Gasteiger charge is -2.49. The van der Waals surface area contributed by atoms with Gasteiger partial charge in [0.15, 0.2) is 0 Å². The van der Waals surface area contributed by atoms with E-state index in [0.717, 1.165) is 5.56 Å². The highest BCUT2D eigenvalue weighted by Crippen LogP contribution is 2.40. The number of carbonyl (C=O) groups is 1. The predicted octanol–water partition coefficient (Wildman–Crippen LogP) is 3.28.